The molecule has 5 nitrogen and oxygen atoms in total. The summed E-state index contributed by atoms with van der Waals surface area (Å²) in [5.74, 6) is 0.375. The number of carbonyl (C=O) groups is 1. The Morgan fingerprint density at radius 1 is 1.00 bits per heavy atom. The number of aromatic nitrogens is 2. The summed E-state index contributed by atoms with van der Waals surface area (Å²) in [6.07, 6.45) is 2.61. The third-order valence-electron chi connectivity index (χ3n) is 5.83. The molecule has 3 aromatic carbocycles. The number of hydrogen-bond acceptors (Lipinski definition) is 3. The lowest BCUT2D eigenvalue weighted by molar-refractivity contribution is -0.113. The molecule has 4 aromatic rings. The van der Waals surface area contributed by atoms with Crippen molar-refractivity contribution in [2.45, 2.75) is 20.3 Å². The third-order valence-corrected chi connectivity index (χ3v) is 6.50. The summed E-state index contributed by atoms with van der Waals surface area (Å²) in [5, 5.41) is 0.551. The van der Waals surface area contributed by atoms with E-state index in [1.54, 1.807) is 15.5 Å². The number of aryl methyl sites for hydroxylation is 1. The highest BCUT2D eigenvalue weighted by Crippen LogP contribution is 2.37. The van der Waals surface area contributed by atoms with Crippen LogP contribution in [0.4, 0.5) is 5.69 Å². The number of hydrogen-bond donors (Lipinski definition) is 0. The van der Waals surface area contributed by atoms with Crippen LogP contribution in [0, 0.1) is 10.5 Å². The highest BCUT2D eigenvalue weighted by Gasteiger charge is 2.32. The average Bonchev–Trinajstić information content (AvgIpc) is 3.07. The molecule has 6 heteroatoms. The Bertz CT molecular complexity index is 1490. The van der Waals surface area contributed by atoms with Gasteiger partial charge in [0.05, 0.1) is 27.9 Å². The number of halogens is 1. The van der Waals surface area contributed by atoms with Gasteiger partial charge >= 0.3 is 0 Å². The van der Waals surface area contributed by atoms with Crippen molar-refractivity contribution in [3.05, 3.63) is 97.6 Å². The van der Waals surface area contributed by atoms with Crippen LogP contribution in [0.25, 0.3) is 28.2 Å². The van der Waals surface area contributed by atoms with Gasteiger partial charge in [0.25, 0.3) is 11.5 Å². The summed E-state index contributed by atoms with van der Waals surface area (Å²) >= 11 is 2.20. The van der Waals surface area contributed by atoms with E-state index in [0.717, 1.165) is 32.5 Å². The van der Waals surface area contributed by atoms with Gasteiger partial charge < -0.3 is 4.90 Å². The van der Waals surface area contributed by atoms with Crippen molar-refractivity contribution < 1.29 is 4.79 Å². The van der Waals surface area contributed by atoms with E-state index in [1.807, 2.05) is 73.7 Å². The molecular formula is C27H22IN3O2. The summed E-state index contributed by atoms with van der Waals surface area (Å²) in [6.45, 7) is 4.70. The first kappa shape index (κ1) is 21.6. The number of para-hydroxylation sites is 1. The normalized spacial score (nSPS) is 14.3. The van der Waals surface area contributed by atoms with Crippen molar-refractivity contribution in [3.63, 3.8) is 0 Å². The van der Waals surface area contributed by atoms with Gasteiger partial charge in [0.1, 0.15) is 5.82 Å². The van der Waals surface area contributed by atoms with Crippen LogP contribution < -0.4 is 10.5 Å². The zero-order valence-electron chi connectivity index (χ0n) is 18.4. The van der Waals surface area contributed by atoms with Gasteiger partial charge in [-0.1, -0.05) is 42.8 Å². The van der Waals surface area contributed by atoms with Crippen molar-refractivity contribution in [2.24, 2.45) is 0 Å². The number of amides is 1. The van der Waals surface area contributed by atoms with Crippen molar-refractivity contribution in [1.29, 1.82) is 0 Å². The predicted molar refractivity (Wildman–Crippen MR) is 142 cm³/mol. The lowest BCUT2D eigenvalue weighted by Crippen LogP contribution is -2.27. The number of anilines is 1. The molecule has 0 fully saturated rings. The van der Waals surface area contributed by atoms with E-state index in [0.29, 0.717) is 28.8 Å². The van der Waals surface area contributed by atoms with Gasteiger partial charge in [0, 0.05) is 15.7 Å². The molecule has 2 heterocycles. The van der Waals surface area contributed by atoms with E-state index < -0.39 is 0 Å². The Morgan fingerprint density at radius 3 is 2.52 bits per heavy atom. The summed E-state index contributed by atoms with van der Waals surface area (Å²) in [5.41, 5.74) is 4.59. The minimum absolute atomic E-state index is 0.0644. The standard InChI is InChI=1S/C27H22IN3O2/c1-3-14-30-24-7-5-4-6-20(24)21(26(30)32)16-25-29-23-13-10-18(28)15-22(23)27(33)31(25)19-11-8-17(2)9-12-19/h4-13,15-16H,3,14H2,1-2H3/b21-16+. The molecule has 0 saturated heterocycles. The van der Waals surface area contributed by atoms with Crippen LogP contribution in [-0.4, -0.2) is 22.0 Å². The smallest absolute Gasteiger partial charge is 0.266 e. The number of rotatable bonds is 4. The second kappa shape index (κ2) is 8.59. The molecule has 0 N–H and O–H groups in total. The molecule has 0 saturated carbocycles. The second-order valence-corrected chi connectivity index (χ2v) is 9.39. The lowest BCUT2D eigenvalue weighted by atomic mass is 10.1. The zero-order valence-corrected chi connectivity index (χ0v) is 20.5. The molecule has 0 radical (unpaired) electrons. The molecule has 0 bridgehead atoms. The Labute approximate surface area is 205 Å². The van der Waals surface area contributed by atoms with Crippen molar-refractivity contribution in [1.82, 2.24) is 9.55 Å². The lowest BCUT2D eigenvalue weighted by Gasteiger charge is -2.15. The number of fused-ring (bicyclic) bond motifs is 2. The van der Waals surface area contributed by atoms with Crippen molar-refractivity contribution >= 4 is 56.7 Å². The van der Waals surface area contributed by atoms with Crippen LogP contribution in [0.15, 0.2) is 71.5 Å². The first-order valence-corrected chi connectivity index (χ1v) is 12.0. The number of nitrogens with zero attached hydrogens (tertiary/aromatic N) is 3. The minimum atomic E-state index is -0.154. The van der Waals surface area contributed by atoms with E-state index in [1.165, 1.54) is 0 Å². The molecule has 1 aromatic heterocycles. The molecule has 0 spiro atoms. The van der Waals surface area contributed by atoms with Crippen LogP contribution in [-0.2, 0) is 4.79 Å². The van der Waals surface area contributed by atoms with Crippen LogP contribution >= 0.6 is 22.6 Å². The quantitative estimate of drug-likeness (QED) is 0.247. The Hall–Kier alpha value is -3.26. The van der Waals surface area contributed by atoms with Crippen molar-refractivity contribution in [2.75, 3.05) is 11.4 Å². The Morgan fingerprint density at radius 2 is 1.76 bits per heavy atom. The highest BCUT2D eigenvalue weighted by molar-refractivity contribution is 14.1. The molecule has 5 rings (SSSR count). The van der Waals surface area contributed by atoms with Crippen LogP contribution in [0.3, 0.4) is 0 Å². The highest BCUT2D eigenvalue weighted by atomic mass is 127. The fraction of sp³-hybridized carbons (Fsp3) is 0.148. The molecule has 164 valence electrons. The molecule has 0 atom stereocenters. The topological polar surface area (TPSA) is 55.2 Å². The van der Waals surface area contributed by atoms with Gasteiger partial charge in [-0.3, -0.25) is 14.2 Å². The fourth-order valence-electron chi connectivity index (χ4n) is 4.24. The predicted octanol–water partition coefficient (Wildman–Crippen LogP) is 5.60. The first-order valence-electron chi connectivity index (χ1n) is 10.9. The van der Waals surface area contributed by atoms with Gasteiger partial charge in [-0.05, 0) is 78.4 Å². The maximum Gasteiger partial charge on any atom is 0.266 e. The van der Waals surface area contributed by atoms with E-state index in [4.69, 9.17) is 4.98 Å². The average molecular weight is 547 g/mol. The summed E-state index contributed by atoms with van der Waals surface area (Å²) in [7, 11) is 0. The van der Waals surface area contributed by atoms with E-state index in [9.17, 15) is 9.59 Å². The monoisotopic (exact) mass is 547 g/mol. The Balaban J connectivity index is 1.79. The van der Waals surface area contributed by atoms with Crippen molar-refractivity contribution in [3.8, 4) is 5.69 Å². The SMILES string of the molecule is CCCN1C(=O)/C(=C/c2nc3ccc(I)cc3c(=O)n2-c2ccc(C)cc2)c2ccccc21. The molecule has 1 amide bonds. The fourth-order valence-corrected chi connectivity index (χ4v) is 4.73. The first-order chi connectivity index (χ1) is 16.0. The number of carbonyl (C=O) groups excluding carboxylic acids is 1. The minimum Gasteiger partial charge on any atom is -0.308 e. The van der Waals surface area contributed by atoms with Crippen LogP contribution in [0.5, 0.6) is 0 Å². The molecule has 1 aliphatic heterocycles. The molecule has 1 aliphatic rings. The summed E-state index contributed by atoms with van der Waals surface area (Å²) < 4.78 is 2.57. The molecule has 33 heavy (non-hydrogen) atoms. The van der Waals surface area contributed by atoms with E-state index in [-0.39, 0.29) is 11.5 Å². The Kier molecular flexibility index (Phi) is 5.62. The van der Waals surface area contributed by atoms with Gasteiger partial charge in [-0.15, -0.1) is 0 Å². The van der Waals surface area contributed by atoms with E-state index in [2.05, 4.69) is 29.5 Å². The van der Waals surface area contributed by atoms with Gasteiger partial charge in [-0.25, -0.2) is 4.98 Å². The van der Waals surface area contributed by atoms with Gasteiger partial charge in [0.2, 0.25) is 0 Å². The molecular weight excluding hydrogens is 525 g/mol. The van der Waals surface area contributed by atoms with E-state index >= 15 is 0 Å². The largest absolute Gasteiger partial charge is 0.308 e. The maximum atomic E-state index is 13.6. The maximum absolute atomic E-state index is 13.6. The molecule has 0 unspecified atom stereocenters. The van der Waals surface area contributed by atoms with Crippen LogP contribution in [0.2, 0.25) is 0 Å². The summed E-state index contributed by atoms with van der Waals surface area (Å²) in [4.78, 5) is 33.7. The number of benzene rings is 3. The van der Waals surface area contributed by atoms with Crippen LogP contribution in [0.1, 0.15) is 30.3 Å². The van der Waals surface area contributed by atoms with Gasteiger partial charge in [-0.2, -0.15) is 0 Å². The third kappa shape index (κ3) is 3.78. The molecule has 0 aliphatic carbocycles. The second-order valence-electron chi connectivity index (χ2n) is 8.14. The van der Waals surface area contributed by atoms with Gasteiger partial charge in [0.15, 0.2) is 0 Å². The summed E-state index contributed by atoms with van der Waals surface area (Å²) in [6, 6.07) is 21.2. The zero-order chi connectivity index (χ0) is 23.1.